The average molecular weight is 382 g/mol. The van der Waals surface area contributed by atoms with Gasteiger partial charge in [0, 0.05) is 31.7 Å². The number of aliphatic imine (C=N–C) groups is 1. The topological polar surface area (TPSA) is 54.9 Å². The number of methoxy groups -OCH3 is 1. The summed E-state index contributed by atoms with van der Waals surface area (Å²) in [5.41, 5.74) is 2.57. The van der Waals surface area contributed by atoms with E-state index < -0.39 is 0 Å². The smallest absolute Gasteiger partial charge is 0.191 e. The molecule has 1 aliphatic heterocycles. The van der Waals surface area contributed by atoms with Gasteiger partial charge in [-0.2, -0.15) is 0 Å². The van der Waals surface area contributed by atoms with E-state index >= 15 is 0 Å². The first kappa shape index (κ1) is 20.2. The summed E-state index contributed by atoms with van der Waals surface area (Å²) in [7, 11) is 1.69. The number of nitrogens with zero attached hydrogens (tertiary/aromatic N) is 1. The Morgan fingerprint density at radius 2 is 1.86 bits per heavy atom. The quantitative estimate of drug-likeness (QED) is 0.569. The summed E-state index contributed by atoms with van der Waals surface area (Å²) in [4.78, 5) is 4.78. The van der Waals surface area contributed by atoms with Gasteiger partial charge in [0.2, 0.25) is 0 Å². The van der Waals surface area contributed by atoms with Crippen LogP contribution in [0.5, 0.6) is 5.75 Å². The van der Waals surface area contributed by atoms with Crippen LogP contribution in [0.3, 0.4) is 0 Å². The maximum atomic E-state index is 5.64. The number of hydrogen-bond donors (Lipinski definition) is 2. The van der Waals surface area contributed by atoms with Gasteiger partial charge >= 0.3 is 0 Å². The summed E-state index contributed by atoms with van der Waals surface area (Å²) in [6.07, 6.45) is 2.03. The average Bonchev–Trinajstić information content (AvgIpc) is 2.77. The fourth-order valence-electron chi connectivity index (χ4n) is 3.66. The first-order chi connectivity index (χ1) is 13.8. The van der Waals surface area contributed by atoms with Crippen molar-refractivity contribution in [1.82, 2.24) is 10.6 Å². The molecule has 150 valence electrons. The molecule has 1 saturated heterocycles. The molecule has 1 fully saturated rings. The predicted octanol–water partition coefficient (Wildman–Crippen LogP) is 3.50. The monoisotopic (exact) mass is 381 g/mol. The standard InChI is InChI=1S/C23H31N3O2/c1-3-24-22(25-17-19-8-7-11-21(16-19)27-2)26-18-23(12-14-28-15-13-23)20-9-5-4-6-10-20/h4-11,16H,3,12-15,17-18H2,1-2H3,(H2,24,25,26). The Hall–Kier alpha value is -2.53. The van der Waals surface area contributed by atoms with Crippen molar-refractivity contribution >= 4 is 5.96 Å². The molecule has 0 saturated carbocycles. The number of hydrogen-bond acceptors (Lipinski definition) is 3. The molecular formula is C23H31N3O2. The van der Waals surface area contributed by atoms with Crippen LogP contribution in [0.2, 0.25) is 0 Å². The Bertz CT molecular complexity index is 755. The molecule has 0 radical (unpaired) electrons. The molecule has 0 atom stereocenters. The van der Waals surface area contributed by atoms with E-state index in [1.54, 1.807) is 7.11 Å². The summed E-state index contributed by atoms with van der Waals surface area (Å²) < 4.78 is 10.9. The van der Waals surface area contributed by atoms with E-state index in [0.29, 0.717) is 6.54 Å². The summed E-state index contributed by atoms with van der Waals surface area (Å²) in [5.74, 6) is 1.70. The van der Waals surface area contributed by atoms with Crippen LogP contribution in [0.4, 0.5) is 0 Å². The molecule has 5 heteroatoms. The van der Waals surface area contributed by atoms with E-state index in [0.717, 1.165) is 56.4 Å². The summed E-state index contributed by atoms with van der Waals surface area (Å²) in [6, 6.07) is 18.8. The van der Waals surface area contributed by atoms with Gasteiger partial charge in [-0.05, 0) is 43.0 Å². The van der Waals surface area contributed by atoms with Crippen LogP contribution in [0.15, 0.2) is 59.6 Å². The van der Waals surface area contributed by atoms with Crippen LogP contribution in [-0.2, 0) is 16.7 Å². The Balaban J connectivity index is 1.71. The molecule has 0 unspecified atom stereocenters. The number of ether oxygens (including phenoxy) is 2. The lowest BCUT2D eigenvalue weighted by atomic mass is 9.74. The molecule has 3 rings (SSSR count). The number of guanidine groups is 1. The van der Waals surface area contributed by atoms with E-state index in [9.17, 15) is 0 Å². The molecule has 28 heavy (non-hydrogen) atoms. The zero-order valence-electron chi connectivity index (χ0n) is 16.9. The highest BCUT2D eigenvalue weighted by molar-refractivity contribution is 5.79. The largest absolute Gasteiger partial charge is 0.497 e. The van der Waals surface area contributed by atoms with Crippen LogP contribution < -0.4 is 15.4 Å². The van der Waals surface area contributed by atoms with Crippen LogP contribution >= 0.6 is 0 Å². The lowest BCUT2D eigenvalue weighted by Crippen LogP contribution is -2.48. The fourth-order valence-corrected chi connectivity index (χ4v) is 3.66. The second-order valence-electron chi connectivity index (χ2n) is 7.16. The van der Waals surface area contributed by atoms with Crippen molar-refractivity contribution in [3.63, 3.8) is 0 Å². The molecule has 2 aromatic rings. The van der Waals surface area contributed by atoms with Crippen LogP contribution in [-0.4, -0.2) is 39.4 Å². The van der Waals surface area contributed by atoms with Crippen molar-refractivity contribution in [2.24, 2.45) is 4.99 Å². The van der Waals surface area contributed by atoms with Gasteiger partial charge < -0.3 is 20.1 Å². The lowest BCUT2D eigenvalue weighted by molar-refractivity contribution is 0.0514. The second-order valence-corrected chi connectivity index (χ2v) is 7.16. The number of rotatable bonds is 7. The molecule has 2 N–H and O–H groups in total. The minimum atomic E-state index is 0.0751. The second kappa shape index (κ2) is 10.1. The van der Waals surface area contributed by atoms with Crippen molar-refractivity contribution in [3.8, 4) is 5.75 Å². The van der Waals surface area contributed by atoms with Crippen molar-refractivity contribution in [2.45, 2.75) is 31.7 Å². The van der Waals surface area contributed by atoms with E-state index in [2.05, 4.69) is 54.0 Å². The highest BCUT2D eigenvalue weighted by atomic mass is 16.5. The summed E-state index contributed by atoms with van der Waals surface area (Å²) in [5, 5.41) is 6.95. The number of nitrogens with one attached hydrogen (secondary N) is 2. The van der Waals surface area contributed by atoms with Crippen molar-refractivity contribution in [2.75, 3.05) is 33.4 Å². The Kier molecular flexibility index (Phi) is 7.31. The minimum absolute atomic E-state index is 0.0751. The lowest BCUT2D eigenvalue weighted by Gasteiger charge is -2.38. The molecule has 2 aromatic carbocycles. The van der Waals surface area contributed by atoms with Crippen molar-refractivity contribution in [1.29, 1.82) is 0 Å². The normalized spacial score (nSPS) is 16.4. The summed E-state index contributed by atoms with van der Waals surface area (Å²) >= 11 is 0. The van der Waals surface area contributed by atoms with E-state index in [4.69, 9.17) is 14.5 Å². The zero-order chi connectivity index (χ0) is 19.7. The van der Waals surface area contributed by atoms with Gasteiger partial charge in [0.1, 0.15) is 5.75 Å². The highest BCUT2D eigenvalue weighted by Crippen LogP contribution is 2.34. The van der Waals surface area contributed by atoms with E-state index in [1.165, 1.54) is 5.56 Å². The molecular weight excluding hydrogens is 350 g/mol. The maximum Gasteiger partial charge on any atom is 0.191 e. The van der Waals surface area contributed by atoms with E-state index in [1.807, 2.05) is 18.2 Å². The molecule has 0 aliphatic carbocycles. The van der Waals surface area contributed by atoms with Crippen LogP contribution in [0, 0.1) is 0 Å². The van der Waals surface area contributed by atoms with E-state index in [-0.39, 0.29) is 5.41 Å². The van der Waals surface area contributed by atoms with Crippen molar-refractivity contribution in [3.05, 3.63) is 65.7 Å². The van der Waals surface area contributed by atoms with Gasteiger partial charge in [-0.25, -0.2) is 4.99 Å². The molecule has 0 amide bonds. The highest BCUT2D eigenvalue weighted by Gasteiger charge is 2.34. The van der Waals surface area contributed by atoms with Gasteiger partial charge in [-0.3, -0.25) is 0 Å². The first-order valence-electron chi connectivity index (χ1n) is 10.0. The van der Waals surface area contributed by atoms with Crippen LogP contribution in [0.25, 0.3) is 0 Å². The zero-order valence-corrected chi connectivity index (χ0v) is 16.9. The molecule has 1 aliphatic rings. The predicted molar refractivity (Wildman–Crippen MR) is 114 cm³/mol. The van der Waals surface area contributed by atoms with Crippen molar-refractivity contribution < 1.29 is 9.47 Å². The fraction of sp³-hybridized carbons (Fsp3) is 0.435. The molecule has 5 nitrogen and oxygen atoms in total. The SMILES string of the molecule is CCNC(=NCc1cccc(OC)c1)NCC1(c2ccccc2)CCOCC1. The van der Waals surface area contributed by atoms with Gasteiger partial charge in [0.05, 0.1) is 13.7 Å². The van der Waals surface area contributed by atoms with Crippen LogP contribution in [0.1, 0.15) is 30.9 Å². The van der Waals surface area contributed by atoms with Gasteiger partial charge in [-0.15, -0.1) is 0 Å². The van der Waals surface area contributed by atoms with Gasteiger partial charge in [0.25, 0.3) is 0 Å². The van der Waals surface area contributed by atoms with Gasteiger partial charge in [0.15, 0.2) is 5.96 Å². The number of benzene rings is 2. The maximum absolute atomic E-state index is 5.64. The van der Waals surface area contributed by atoms with Gasteiger partial charge in [-0.1, -0.05) is 42.5 Å². The summed E-state index contributed by atoms with van der Waals surface area (Å²) in [6.45, 7) is 5.95. The Labute approximate surface area is 168 Å². The third kappa shape index (κ3) is 5.26. The molecule has 0 bridgehead atoms. The molecule has 0 aromatic heterocycles. The third-order valence-electron chi connectivity index (χ3n) is 5.33. The molecule has 0 spiro atoms. The Morgan fingerprint density at radius 3 is 2.57 bits per heavy atom. The third-order valence-corrected chi connectivity index (χ3v) is 5.33. The Morgan fingerprint density at radius 1 is 1.07 bits per heavy atom. The first-order valence-corrected chi connectivity index (χ1v) is 10.0. The molecule has 1 heterocycles. The minimum Gasteiger partial charge on any atom is -0.497 e.